The van der Waals surface area contributed by atoms with E-state index in [0.717, 1.165) is 11.1 Å². The van der Waals surface area contributed by atoms with E-state index >= 15 is 0 Å². The number of ether oxygens (including phenoxy) is 1. The molecular weight excluding hydrogens is 397 g/mol. The smallest absolute Gasteiger partial charge is 0.323 e. The number of carbonyl (C=O) groups is 2. The van der Waals surface area contributed by atoms with Crippen LogP contribution in [0.1, 0.15) is 27.0 Å². The predicted octanol–water partition coefficient (Wildman–Crippen LogP) is 4.48. The van der Waals surface area contributed by atoms with Crippen molar-refractivity contribution < 1.29 is 23.8 Å². The highest BCUT2D eigenvalue weighted by molar-refractivity contribution is 5.96. The Balaban J connectivity index is 1.65. The zero-order valence-corrected chi connectivity index (χ0v) is 17.3. The summed E-state index contributed by atoms with van der Waals surface area (Å²) in [5, 5.41) is 9.23. The monoisotopic (exact) mass is 421 g/mol. The van der Waals surface area contributed by atoms with Crippen LogP contribution in [0.3, 0.4) is 0 Å². The molecule has 0 saturated heterocycles. The molecule has 3 rings (SSSR count). The van der Waals surface area contributed by atoms with E-state index in [1.807, 2.05) is 31.2 Å². The number of amides is 1. The van der Waals surface area contributed by atoms with Gasteiger partial charge in [0.2, 0.25) is 0 Å². The van der Waals surface area contributed by atoms with E-state index in [-0.39, 0.29) is 24.9 Å². The van der Waals surface area contributed by atoms with E-state index in [0.29, 0.717) is 29.8 Å². The number of aliphatic carboxylic acids is 1. The van der Waals surface area contributed by atoms with Crippen molar-refractivity contribution in [3.8, 4) is 5.75 Å². The molecule has 0 heterocycles. The highest BCUT2D eigenvalue weighted by Gasteiger charge is 2.19. The standard InChI is InChI=1S/C25H24FNO4/c1-18-6-2-3-7-19(18)14-15-27(16-24(28)29)25(30)20-10-12-22(13-11-20)31-17-21-8-4-5-9-23(21)26/h2-13H,14-17H2,1H3,(H,28,29). The Bertz CT molecular complexity index is 1050. The molecule has 1 N–H and O–H groups in total. The second-order valence-electron chi connectivity index (χ2n) is 7.20. The zero-order chi connectivity index (χ0) is 22.2. The highest BCUT2D eigenvalue weighted by Crippen LogP contribution is 2.17. The van der Waals surface area contributed by atoms with Crippen LogP contribution in [0.25, 0.3) is 0 Å². The summed E-state index contributed by atoms with van der Waals surface area (Å²) in [4.78, 5) is 25.5. The van der Waals surface area contributed by atoms with Crippen molar-refractivity contribution >= 4 is 11.9 Å². The van der Waals surface area contributed by atoms with E-state index in [1.165, 1.54) is 11.0 Å². The van der Waals surface area contributed by atoms with Crippen LogP contribution in [0.5, 0.6) is 5.75 Å². The number of nitrogens with zero attached hydrogens (tertiary/aromatic N) is 1. The van der Waals surface area contributed by atoms with E-state index in [2.05, 4.69) is 0 Å². The summed E-state index contributed by atoms with van der Waals surface area (Å²) >= 11 is 0. The van der Waals surface area contributed by atoms with E-state index < -0.39 is 5.97 Å². The van der Waals surface area contributed by atoms with Gasteiger partial charge in [0.25, 0.3) is 5.91 Å². The first-order valence-electron chi connectivity index (χ1n) is 9.96. The summed E-state index contributed by atoms with van der Waals surface area (Å²) in [6.45, 7) is 1.97. The average molecular weight is 421 g/mol. The Morgan fingerprint density at radius 1 is 0.935 bits per heavy atom. The van der Waals surface area contributed by atoms with E-state index in [4.69, 9.17) is 4.74 Å². The van der Waals surface area contributed by atoms with Gasteiger partial charge < -0.3 is 14.7 Å². The lowest BCUT2D eigenvalue weighted by Gasteiger charge is -2.21. The Morgan fingerprint density at radius 2 is 1.58 bits per heavy atom. The molecule has 6 heteroatoms. The number of carbonyl (C=O) groups excluding carboxylic acids is 1. The first-order chi connectivity index (χ1) is 14.9. The molecule has 0 spiro atoms. The molecule has 31 heavy (non-hydrogen) atoms. The van der Waals surface area contributed by atoms with Crippen LogP contribution in [-0.2, 0) is 17.8 Å². The van der Waals surface area contributed by atoms with Gasteiger partial charge in [-0.2, -0.15) is 0 Å². The van der Waals surface area contributed by atoms with Gasteiger partial charge in [0, 0.05) is 17.7 Å². The number of hydrogen-bond donors (Lipinski definition) is 1. The largest absolute Gasteiger partial charge is 0.489 e. The summed E-state index contributed by atoms with van der Waals surface area (Å²) in [7, 11) is 0. The molecule has 0 fully saturated rings. The molecule has 0 atom stereocenters. The van der Waals surface area contributed by atoms with Gasteiger partial charge in [0.1, 0.15) is 24.7 Å². The number of carboxylic acid groups (broad SMARTS) is 1. The number of benzene rings is 3. The van der Waals surface area contributed by atoms with E-state index in [1.54, 1.807) is 42.5 Å². The van der Waals surface area contributed by atoms with Crippen molar-refractivity contribution in [3.63, 3.8) is 0 Å². The Morgan fingerprint density at radius 3 is 2.23 bits per heavy atom. The summed E-state index contributed by atoms with van der Waals surface area (Å²) in [5.74, 6) is -1.28. The van der Waals surface area contributed by atoms with Crippen molar-refractivity contribution in [1.29, 1.82) is 0 Å². The predicted molar refractivity (Wildman–Crippen MR) is 116 cm³/mol. The Kier molecular flexibility index (Phi) is 7.38. The van der Waals surface area contributed by atoms with Gasteiger partial charge in [0.05, 0.1) is 0 Å². The Hall–Kier alpha value is -3.67. The van der Waals surface area contributed by atoms with Crippen molar-refractivity contribution in [1.82, 2.24) is 4.90 Å². The van der Waals surface area contributed by atoms with Crippen molar-refractivity contribution in [2.75, 3.05) is 13.1 Å². The van der Waals surface area contributed by atoms with Crippen LogP contribution >= 0.6 is 0 Å². The van der Waals surface area contributed by atoms with Gasteiger partial charge in [-0.1, -0.05) is 42.5 Å². The van der Waals surface area contributed by atoms with Crippen LogP contribution in [-0.4, -0.2) is 35.0 Å². The highest BCUT2D eigenvalue weighted by atomic mass is 19.1. The minimum Gasteiger partial charge on any atom is -0.489 e. The second-order valence-corrected chi connectivity index (χ2v) is 7.20. The number of carboxylic acids is 1. The van der Waals surface area contributed by atoms with Gasteiger partial charge in [-0.3, -0.25) is 9.59 Å². The minimum absolute atomic E-state index is 0.0710. The quantitative estimate of drug-likeness (QED) is 0.553. The molecule has 3 aromatic rings. The number of halogens is 1. The lowest BCUT2D eigenvalue weighted by atomic mass is 10.1. The second kappa shape index (κ2) is 10.4. The lowest BCUT2D eigenvalue weighted by molar-refractivity contribution is -0.137. The first kappa shape index (κ1) is 22.0. The van der Waals surface area contributed by atoms with Crippen LogP contribution < -0.4 is 4.74 Å². The first-order valence-corrected chi connectivity index (χ1v) is 9.96. The summed E-state index contributed by atoms with van der Waals surface area (Å²) < 4.78 is 19.3. The maximum Gasteiger partial charge on any atom is 0.323 e. The Labute approximate surface area is 180 Å². The van der Waals surface area contributed by atoms with Gasteiger partial charge in [0.15, 0.2) is 0 Å². The van der Waals surface area contributed by atoms with E-state index in [9.17, 15) is 19.1 Å². The maximum absolute atomic E-state index is 13.7. The van der Waals surface area contributed by atoms with Crippen LogP contribution in [0.15, 0.2) is 72.8 Å². The molecule has 0 bridgehead atoms. The molecule has 5 nitrogen and oxygen atoms in total. The van der Waals surface area contributed by atoms with Gasteiger partial charge in [-0.15, -0.1) is 0 Å². The molecule has 0 aromatic heterocycles. The normalized spacial score (nSPS) is 10.5. The average Bonchev–Trinajstić information content (AvgIpc) is 2.77. The number of hydrogen-bond acceptors (Lipinski definition) is 3. The summed E-state index contributed by atoms with van der Waals surface area (Å²) in [6.07, 6.45) is 0.565. The van der Waals surface area contributed by atoms with Crippen LogP contribution in [0, 0.1) is 12.7 Å². The molecule has 0 saturated carbocycles. The van der Waals surface area contributed by atoms with Gasteiger partial charge in [-0.05, 0) is 54.8 Å². The van der Waals surface area contributed by atoms with Crippen LogP contribution in [0.4, 0.5) is 4.39 Å². The minimum atomic E-state index is -1.07. The fourth-order valence-electron chi connectivity index (χ4n) is 3.21. The lowest BCUT2D eigenvalue weighted by Crippen LogP contribution is -2.37. The van der Waals surface area contributed by atoms with Crippen molar-refractivity contribution in [2.45, 2.75) is 20.0 Å². The molecular formula is C25H24FNO4. The summed E-state index contributed by atoms with van der Waals surface area (Å²) in [5.41, 5.74) is 2.97. The van der Waals surface area contributed by atoms with Crippen molar-refractivity contribution in [3.05, 3.63) is 101 Å². The SMILES string of the molecule is Cc1ccccc1CCN(CC(=O)O)C(=O)c1ccc(OCc2ccccc2F)cc1. The van der Waals surface area contributed by atoms with Crippen molar-refractivity contribution in [2.24, 2.45) is 0 Å². The third-order valence-electron chi connectivity index (χ3n) is 4.98. The number of aryl methyl sites for hydroxylation is 1. The fourth-order valence-corrected chi connectivity index (χ4v) is 3.21. The molecule has 3 aromatic carbocycles. The van der Waals surface area contributed by atoms with Gasteiger partial charge >= 0.3 is 5.97 Å². The molecule has 0 aliphatic carbocycles. The molecule has 0 unspecified atom stereocenters. The third-order valence-corrected chi connectivity index (χ3v) is 4.98. The van der Waals surface area contributed by atoms with Crippen LogP contribution in [0.2, 0.25) is 0 Å². The molecule has 0 aliphatic rings. The molecule has 1 amide bonds. The maximum atomic E-state index is 13.7. The topological polar surface area (TPSA) is 66.8 Å². The zero-order valence-electron chi connectivity index (χ0n) is 17.3. The van der Waals surface area contributed by atoms with Gasteiger partial charge in [-0.25, -0.2) is 4.39 Å². The molecule has 0 aliphatic heterocycles. The summed E-state index contributed by atoms with van der Waals surface area (Å²) in [6, 6.07) is 20.6. The molecule has 0 radical (unpaired) electrons. The third kappa shape index (κ3) is 6.15. The molecule has 160 valence electrons. The fraction of sp³-hybridized carbons (Fsp3) is 0.200. The number of rotatable bonds is 9.